The second-order valence-corrected chi connectivity index (χ2v) is 13.2. The maximum Gasteiger partial charge on any atom is 0.137 e. The third kappa shape index (κ3) is 4.03. The van der Waals surface area contributed by atoms with Crippen molar-refractivity contribution in [3.05, 3.63) is 161 Å². The van der Waals surface area contributed by atoms with Gasteiger partial charge in [-0.3, -0.25) is 0 Å². The lowest BCUT2D eigenvalue weighted by atomic mass is 9.82. The first-order valence-corrected chi connectivity index (χ1v) is 16.9. The van der Waals surface area contributed by atoms with Gasteiger partial charge < -0.3 is 13.9 Å². The molecule has 3 atom stereocenters. The fourth-order valence-electron chi connectivity index (χ4n) is 8.51. The van der Waals surface area contributed by atoms with E-state index in [1.807, 2.05) is 54.6 Å². The number of allylic oxidation sites excluding steroid dienone is 6. The molecule has 10 rings (SSSR count). The Bertz CT molecular complexity index is 2910. The van der Waals surface area contributed by atoms with E-state index >= 15 is 0 Å². The minimum Gasteiger partial charge on any atom is -0.456 e. The summed E-state index contributed by atoms with van der Waals surface area (Å²) in [5, 5.41) is 35.8. The van der Waals surface area contributed by atoms with Crippen molar-refractivity contribution in [1.29, 1.82) is 15.8 Å². The predicted octanol–water partition coefficient (Wildman–Crippen LogP) is 10.2. The molecule has 0 amide bonds. The van der Waals surface area contributed by atoms with Gasteiger partial charge >= 0.3 is 0 Å². The van der Waals surface area contributed by atoms with Gasteiger partial charge in [0.05, 0.1) is 40.0 Å². The number of anilines is 2. The van der Waals surface area contributed by atoms with Crippen LogP contribution in [0.2, 0.25) is 0 Å². The van der Waals surface area contributed by atoms with Crippen LogP contribution in [-0.4, -0.2) is 10.6 Å². The summed E-state index contributed by atoms with van der Waals surface area (Å²) in [6.45, 7) is 0. The van der Waals surface area contributed by atoms with E-state index in [1.54, 1.807) is 6.07 Å². The zero-order valence-electron chi connectivity index (χ0n) is 27.1. The van der Waals surface area contributed by atoms with Gasteiger partial charge in [-0.1, -0.05) is 72.8 Å². The minimum atomic E-state index is -0.389. The van der Waals surface area contributed by atoms with Crippen molar-refractivity contribution < 1.29 is 4.42 Å². The molecule has 1 aliphatic heterocycles. The number of benzene rings is 4. The average molecular weight is 652 g/mol. The molecule has 0 bridgehead atoms. The molecule has 6 nitrogen and oxygen atoms in total. The normalized spacial score (nSPS) is 18.9. The lowest BCUT2D eigenvalue weighted by molar-refractivity contribution is 0.669. The molecular formula is C45H25N5O. The summed E-state index contributed by atoms with van der Waals surface area (Å²) in [5.41, 5.74) is 9.02. The quantitative estimate of drug-likeness (QED) is 0.190. The Labute approximate surface area is 293 Å². The van der Waals surface area contributed by atoms with E-state index in [4.69, 9.17) is 4.42 Å². The molecule has 236 valence electrons. The van der Waals surface area contributed by atoms with Crippen LogP contribution in [-0.2, 0) is 0 Å². The number of furan rings is 1. The number of para-hydroxylation sites is 2. The van der Waals surface area contributed by atoms with Crippen LogP contribution in [0, 0.1) is 46.1 Å². The van der Waals surface area contributed by atoms with Crippen LogP contribution in [0.5, 0.6) is 0 Å². The Kier molecular flexibility index (Phi) is 6.13. The van der Waals surface area contributed by atoms with Crippen molar-refractivity contribution in [2.75, 3.05) is 4.90 Å². The number of fused-ring (bicyclic) bond motifs is 9. The average Bonchev–Trinajstić information content (AvgIpc) is 3.83. The molecule has 2 aromatic heterocycles. The van der Waals surface area contributed by atoms with Crippen molar-refractivity contribution >= 4 is 60.8 Å². The van der Waals surface area contributed by atoms with Crippen molar-refractivity contribution in [3.8, 4) is 18.2 Å². The first-order chi connectivity index (χ1) is 25.2. The van der Waals surface area contributed by atoms with Crippen molar-refractivity contribution in [3.63, 3.8) is 0 Å². The summed E-state index contributed by atoms with van der Waals surface area (Å²) >= 11 is 0. The summed E-state index contributed by atoms with van der Waals surface area (Å²) in [4.78, 5) is 2.23. The highest BCUT2D eigenvalue weighted by atomic mass is 16.3. The van der Waals surface area contributed by atoms with Gasteiger partial charge in [-0.2, -0.15) is 15.8 Å². The minimum absolute atomic E-state index is 0.0232. The number of aromatic nitrogens is 1. The Morgan fingerprint density at radius 3 is 2.45 bits per heavy atom. The molecule has 2 aliphatic carbocycles. The topological polar surface area (TPSA) is 92.7 Å². The number of nitriles is 3. The molecule has 6 heteroatoms. The van der Waals surface area contributed by atoms with Gasteiger partial charge in [-0.15, -0.1) is 0 Å². The molecule has 0 N–H and O–H groups in total. The third-order valence-corrected chi connectivity index (χ3v) is 10.7. The van der Waals surface area contributed by atoms with Crippen LogP contribution in [0.3, 0.4) is 0 Å². The molecule has 3 unspecified atom stereocenters. The standard InChI is InChI=1S/C45H25N5O/c46-24-27-10-9-15-34(35-22-41(29(26-48)20-28(35)25-47)49-38-16-5-1-11-30(38)31-12-2-6-17-39(31)49)45(27)50-40-18-7-3-13-32(40)36-21-37-33-14-4-8-19-43(33)51-44(37)23-42(36)50/h1-6,8-14,16-17,19-23,30,34,38H,15H2. The van der Waals surface area contributed by atoms with E-state index in [0.29, 0.717) is 23.1 Å². The van der Waals surface area contributed by atoms with E-state index in [-0.39, 0.29) is 17.9 Å². The van der Waals surface area contributed by atoms with Crippen LogP contribution in [0.1, 0.15) is 40.5 Å². The number of rotatable bonds is 3. The largest absolute Gasteiger partial charge is 0.456 e. The lowest BCUT2D eigenvalue weighted by Crippen LogP contribution is -2.29. The monoisotopic (exact) mass is 651 g/mol. The molecule has 5 aromatic carbocycles. The fraction of sp³-hybridized carbons (Fsp3) is 0.0889. The maximum absolute atomic E-state index is 10.7. The highest BCUT2D eigenvalue weighted by molar-refractivity contribution is 6.17. The van der Waals surface area contributed by atoms with Gasteiger partial charge in [-0.05, 0) is 72.2 Å². The van der Waals surface area contributed by atoms with Gasteiger partial charge in [0.15, 0.2) is 0 Å². The number of nitrogens with zero attached hydrogens (tertiary/aromatic N) is 5. The molecule has 0 spiro atoms. The third-order valence-electron chi connectivity index (χ3n) is 10.7. The second kappa shape index (κ2) is 10.9. The zero-order chi connectivity index (χ0) is 34.2. The Hall–Kier alpha value is -7.25. The summed E-state index contributed by atoms with van der Waals surface area (Å²) in [6, 6.07) is 41.9. The van der Waals surface area contributed by atoms with E-state index in [9.17, 15) is 15.8 Å². The predicted molar refractivity (Wildman–Crippen MR) is 199 cm³/mol. The van der Waals surface area contributed by atoms with Gasteiger partial charge in [0.2, 0.25) is 0 Å². The first-order valence-electron chi connectivity index (χ1n) is 16.9. The molecule has 3 aliphatic rings. The van der Waals surface area contributed by atoms with E-state index in [1.165, 1.54) is 5.56 Å². The second-order valence-electron chi connectivity index (χ2n) is 13.2. The fourth-order valence-corrected chi connectivity index (χ4v) is 8.51. The van der Waals surface area contributed by atoms with E-state index in [0.717, 1.165) is 66.4 Å². The molecule has 0 fully saturated rings. The maximum atomic E-state index is 10.7. The highest BCUT2D eigenvalue weighted by Gasteiger charge is 2.39. The molecule has 0 saturated heterocycles. The van der Waals surface area contributed by atoms with Gasteiger partial charge in [0.25, 0.3) is 0 Å². The Balaban J connectivity index is 1.24. The molecular weight excluding hydrogens is 627 g/mol. The molecule has 7 aromatic rings. The summed E-state index contributed by atoms with van der Waals surface area (Å²) in [5.74, 6) is -0.255. The number of hydrogen-bond donors (Lipinski definition) is 0. The lowest BCUT2D eigenvalue weighted by Gasteiger charge is -2.32. The SMILES string of the molecule is N#CC1=C(n2c3c#cccc3c3cc4c(cc32)oc2ccccc24)C(c2cc(N3c4ccccc4C4C=CC=CC43)c(C#N)cc2C#N)CC=C1. The van der Waals surface area contributed by atoms with Gasteiger partial charge in [0, 0.05) is 50.8 Å². The van der Waals surface area contributed by atoms with Crippen LogP contribution in [0.25, 0.3) is 49.4 Å². The molecule has 0 radical (unpaired) electrons. The highest BCUT2D eigenvalue weighted by Crippen LogP contribution is 2.51. The summed E-state index contributed by atoms with van der Waals surface area (Å²) in [6.07, 6.45) is 12.9. The summed E-state index contributed by atoms with van der Waals surface area (Å²) < 4.78 is 8.46. The van der Waals surface area contributed by atoms with Crippen LogP contribution < -0.4 is 4.90 Å². The smallest absolute Gasteiger partial charge is 0.137 e. The van der Waals surface area contributed by atoms with Crippen LogP contribution in [0.15, 0.2) is 131 Å². The molecule has 0 saturated carbocycles. The van der Waals surface area contributed by atoms with Crippen molar-refractivity contribution in [2.24, 2.45) is 0 Å². The Morgan fingerprint density at radius 1 is 0.725 bits per heavy atom. The zero-order valence-corrected chi connectivity index (χ0v) is 27.1. The number of hydrogen-bond acceptors (Lipinski definition) is 5. The molecule has 3 heterocycles. The van der Waals surface area contributed by atoms with Crippen LogP contribution >= 0.6 is 0 Å². The van der Waals surface area contributed by atoms with Crippen molar-refractivity contribution in [2.45, 2.75) is 24.3 Å². The van der Waals surface area contributed by atoms with Crippen LogP contribution in [0.4, 0.5) is 11.4 Å². The van der Waals surface area contributed by atoms with E-state index < -0.39 is 0 Å². The van der Waals surface area contributed by atoms with E-state index in [2.05, 4.69) is 101 Å². The Morgan fingerprint density at radius 2 is 1.57 bits per heavy atom. The summed E-state index contributed by atoms with van der Waals surface area (Å²) in [7, 11) is 0. The van der Waals surface area contributed by atoms with Crippen molar-refractivity contribution in [1.82, 2.24) is 4.57 Å². The first kappa shape index (κ1) is 28.7. The van der Waals surface area contributed by atoms with Gasteiger partial charge in [-0.25, -0.2) is 0 Å². The molecule has 51 heavy (non-hydrogen) atoms. The van der Waals surface area contributed by atoms with Gasteiger partial charge in [0.1, 0.15) is 28.8 Å².